The van der Waals surface area contributed by atoms with Gasteiger partial charge in [-0.1, -0.05) is 25.2 Å². The lowest BCUT2D eigenvalue weighted by atomic mass is 10.1. The highest BCUT2D eigenvalue weighted by Gasteiger charge is 2.17. The molecule has 0 atom stereocenters. The molecule has 19 heavy (non-hydrogen) atoms. The zero-order valence-corrected chi connectivity index (χ0v) is 13.3. The molecular formula is C14H21N3S2. The molecule has 0 aromatic carbocycles. The normalized spacial score (nSPS) is 17.1. The molecule has 5 heteroatoms. The van der Waals surface area contributed by atoms with Crippen LogP contribution >= 0.6 is 23.5 Å². The second-order valence-corrected chi connectivity index (χ2v) is 6.30. The highest BCUT2D eigenvalue weighted by Crippen LogP contribution is 2.29. The lowest BCUT2D eigenvalue weighted by molar-refractivity contribution is 0.372. The lowest BCUT2D eigenvalue weighted by Gasteiger charge is -2.22. The Kier molecular flexibility index (Phi) is 6.07. The van der Waals surface area contributed by atoms with Crippen molar-refractivity contribution in [3.8, 4) is 0 Å². The molecule has 104 valence electrons. The van der Waals surface area contributed by atoms with Crippen LogP contribution in [0.25, 0.3) is 5.57 Å². The summed E-state index contributed by atoms with van der Waals surface area (Å²) in [6, 6.07) is 0. The van der Waals surface area contributed by atoms with Crippen molar-refractivity contribution in [2.45, 2.75) is 31.2 Å². The van der Waals surface area contributed by atoms with Crippen molar-refractivity contribution in [3.63, 3.8) is 0 Å². The van der Waals surface area contributed by atoms with Crippen LogP contribution in [0.3, 0.4) is 0 Å². The first-order valence-electron chi connectivity index (χ1n) is 6.79. The predicted molar refractivity (Wildman–Crippen MR) is 84.8 cm³/mol. The van der Waals surface area contributed by atoms with Crippen LogP contribution in [0.5, 0.6) is 0 Å². The Labute approximate surface area is 124 Å². The number of allylic oxidation sites excluding steroid dienone is 2. The standard InChI is InChI=1S/C14H21N3S2/c1-3-4-5-6-10-18-14-13(15-19-16-14)12-8-7-9-17(2)11-12/h4-5,8H,3,6-7,9-11H2,1-2H3/b5-4+. The fourth-order valence-corrected chi connectivity index (χ4v) is 3.66. The number of hydrogen-bond acceptors (Lipinski definition) is 5. The second-order valence-electron chi connectivity index (χ2n) is 4.69. The molecule has 1 aliphatic heterocycles. The Morgan fingerprint density at radius 3 is 3.11 bits per heavy atom. The number of likely N-dealkylation sites (N-methyl/N-ethyl adjacent to an activating group) is 1. The van der Waals surface area contributed by atoms with Crippen molar-refractivity contribution in [1.82, 2.24) is 13.6 Å². The number of aromatic nitrogens is 2. The lowest BCUT2D eigenvalue weighted by Crippen LogP contribution is -2.25. The van der Waals surface area contributed by atoms with Crippen molar-refractivity contribution in [3.05, 3.63) is 23.9 Å². The van der Waals surface area contributed by atoms with Crippen LogP contribution < -0.4 is 0 Å². The van der Waals surface area contributed by atoms with Crippen LogP contribution in [0.1, 0.15) is 31.9 Å². The van der Waals surface area contributed by atoms with E-state index in [2.05, 4.69) is 45.8 Å². The van der Waals surface area contributed by atoms with Crippen molar-refractivity contribution >= 4 is 29.1 Å². The Bertz CT molecular complexity index is 451. The molecule has 2 heterocycles. The van der Waals surface area contributed by atoms with Crippen LogP contribution in [0.15, 0.2) is 23.3 Å². The van der Waals surface area contributed by atoms with Gasteiger partial charge in [-0.25, -0.2) is 0 Å². The van der Waals surface area contributed by atoms with Gasteiger partial charge < -0.3 is 4.90 Å². The average molecular weight is 295 g/mol. The summed E-state index contributed by atoms with van der Waals surface area (Å²) in [7, 11) is 2.16. The minimum Gasteiger partial charge on any atom is -0.302 e. The smallest absolute Gasteiger partial charge is 0.138 e. The van der Waals surface area contributed by atoms with Crippen LogP contribution in [0.4, 0.5) is 0 Å². The Balaban J connectivity index is 1.94. The van der Waals surface area contributed by atoms with E-state index in [1.165, 1.54) is 17.3 Å². The van der Waals surface area contributed by atoms with Gasteiger partial charge in [0.2, 0.25) is 0 Å². The van der Waals surface area contributed by atoms with Gasteiger partial charge in [-0.2, -0.15) is 8.75 Å². The van der Waals surface area contributed by atoms with Gasteiger partial charge in [0.1, 0.15) is 10.7 Å². The summed E-state index contributed by atoms with van der Waals surface area (Å²) >= 11 is 3.16. The van der Waals surface area contributed by atoms with Gasteiger partial charge in [0.05, 0.1) is 11.7 Å². The molecule has 1 aromatic rings. The molecule has 0 aliphatic carbocycles. The third kappa shape index (κ3) is 4.44. The van der Waals surface area contributed by atoms with Crippen molar-refractivity contribution in [2.24, 2.45) is 0 Å². The third-order valence-electron chi connectivity index (χ3n) is 3.03. The highest BCUT2D eigenvalue weighted by molar-refractivity contribution is 7.99. The Morgan fingerprint density at radius 1 is 1.42 bits per heavy atom. The van der Waals surface area contributed by atoms with Crippen LogP contribution in [0, 0.1) is 0 Å². The molecule has 3 nitrogen and oxygen atoms in total. The zero-order chi connectivity index (χ0) is 13.5. The number of thioether (sulfide) groups is 1. The molecule has 0 N–H and O–H groups in total. The summed E-state index contributed by atoms with van der Waals surface area (Å²) in [5.41, 5.74) is 2.45. The molecule has 0 saturated carbocycles. The van der Waals surface area contributed by atoms with Crippen LogP contribution in [-0.2, 0) is 0 Å². The summed E-state index contributed by atoms with van der Waals surface area (Å²) in [5, 5.41) is 1.11. The van der Waals surface area contributed by atoms with Crippen LogP contribution in [0.2, 0.25) is 0 Å². The van der Waals surface area contributed by atoms with E-state index in [-0.39, 0.29) is 0 Å². The zero-order valence-electron chi connectivity index (χ0n) is 11.6. The maximum absolute atomic E-state index is 4.49. The Hall–Kier alpha value is -0.650. The predicted octanol–water partition coefficient (Wildman–Crippen LogP) is 3.71. The summed E-state index contributed by atoms with van der Waals surface area (Å²) in [6.07, 6.45) is 10.1. The molecule has 0 spiro atoms. The molecule has 1 aromatic heterocycles. The molecule has 2 rings (SSSR count). The van der Waals surface area contributed by atoms with Gasteiger partial charge in [0.15, 0.2) is 0 Å². The van der Waals surface area contributed by atoms with Gasteiger partial charge in [-0.15, -0.1) is 11.8 Å². The van der Waals surface area contributed by atoms with Gasteiger partial charge >= 0.3 is 0 Å². The van der Waals surface area contributed by atoms with E-state index in [1.54, 1.807) is 0 Å². The average Bonchev–Trinajstić information content (AvgIpc) is 2.87. The topological polar surface area (TPSA) is 29.0 Å². The van der Waals surface area contributed by atoms with Gasteiger partial charge in [-0.05, 0) is 31.9 Å². The minimum absolute atomic E-state index is 0.995. The fraction of sp³-hybridized carbons (Fsp3) is 0.571. The largest absolute Gasteiger partial charge is 0.302 e. The number of hydrogen-bond donors (Lipinski definition) is 0. The molecule has 1 aliphatic rings. The van der Waals surface area contributed by atoms with E-state index in [9.17, 15) is 0 Å². The first-order chi connectivity index (χ1) is 9.31. The number of nitrogens with zero attached hydrogens (tertiary/aromatic N) is 3. The summed E-state index contributed by atoms with van der Waals surface area (Å²) < 4.78 is 8.93. The van der Waals surface area contributed by atoms with E-state index in [4.69, 9.17) is 0 Å². The van der Waals surface area contributed by atoms with Crippen LogP contribution in [-0.4, -0.2) is 39.5 Å². The van der Waals surface area contributed by atoms with E-state index in [0.717, 1.165) is 48.8 Å². The fourth-order valence-electron chi connectivity index (χ4n) is 2.04. The summed E-state index contributed by atoms with van der Waals surface area (Å²) in [6.45, 7) is 4.30. The van der Waals surface area contributed by atoms with E-state index in [1.807, 2.05) is 11.8 Å². The van der Waals surface area contributed by atoms with Gasteiger partial charge in [0, 0.05) is 18.8 Å². The molecular weight excluding hydrogens is 274 g/mol. The van der Waals surface area contributed by atoms with Gasteiger partial charge in [-0.3, -0.25) is 0 Å². The molecule has 0 amide bonds. The Morgan fingerprint density at radius 2 is 2.32 bits per heavy atom. The monoisotopic (exact) mass is 295 g/mol. The van der Waals surface area contributed by atoms with Crippen molar-refractivity contribution < 1.29 is 0 Å². The molecule has 0 radical (unpaired) electrons. The molecule has 0 bridgehead atoms. The second kappa shape index (κ2) is 7.82. The highest BCUT2D eigenvalue weighted by atomic mass is 32.2. The third-order valence-corrected chi connectivity index (χ3v) is 4.67. The first kappa shape index (κ1) is 14.8. The van der Waals surface area contributed by atoms with E-state index < -0.39 is 0 Å². The maximum Gasteiger partial charge on any atom is 0.138 e. The van der Waals surface area contributed by atoms with E-state index in [0.29, 0.717) is 0 Å². The van der Waals surface area contributed by atoms with Gasteiger partial charge in [0.25, 0.3) is 0 Å². The number of rotatable bonds is 6. The maximum atomic E-state index is 4.49. The summed E-state index contributed by atoms with van der Waals surface area (Å²) in [4.78, 5) is 2.34. The van der Waals surface area contributed by atoms with Crippen molar-refractivity contribution in [2.75, 3.05) is 25.9 Å². The molecule has 0 unspecified atom stereocenters. The first-order valence-corrected chi connectivity index (χ1v) is 8.51. The SMILES string of the molecule is CC/C=C/CCSc1nsnc1C1=CCCN(C)C1. The van der Waals surface area contributed by atoms with E-state index >= 15 is 0 Å². The summed E-state index contributed by atoms with van der Waals surface area (Å²) in [5.74, 6) is 1.08. The quantitative estimate of drug-likeness (QED) is 0.454. The van der Waals surface area contributed by atoms with Crippen molar-refractivity contribution in [1.29, 1.82) is 0 Å². The molecule has 0 saturated heterocycles. The minimum atomic E-state index is 0.995. The molecule has 0 fully saturated rings.